The van der Waals surface area contributed by atoms with Gasteiger partial charge in [-0.25, -0.2) is 8.42 Å². The zero-order valence-electron chi connectivity index (χ0n) is 22.3. The van der Waals surface area contributed by atoms with Crippen molar-refractivity contribution in [1.29, 1.82) is 0 Å². The summed E-state index contributed by atoms with van der Waals surface area (Å²) < 4.78 is 28.7. The summed E-state index contributed by atoms with van der Waals surface area (Å²) in [7, 11) is -4.20. The highest BCUT2D eigenvalue weighted by Gasteiger charge is 2.35. The quantitative estimate of drug-likeness (QED) is 0.289. The van der Waals surface area contributed by atoms with Gasteiger partial charge in [-0.3, -0.25) is 13.9 Å². The first-order valence-electron chi connectivity index (χ1n) is 13.4. The lowest BCUT2D eigenvalue weighted by atomic mass is 10.1. The number of benzene rings is 3. The molecule has 1 aliphatic carbocycles. The minimum absolute atomic E-state index is 0.00874. The molecule has 1 aliphatic rings. The molecule has 0 radical (unpaired) electrons. The first-order chi connectivity index (χ1) is 19.2. The van der Waals surface area contributed by atoms with Gasteiger partial charge in [0.1, 0.15) is 12.6 Å². The third kappa shape index (κ3) is 7.16. The molecule has 10 heteroatoms. The number of carbonyl (C=O) groups is 2. The Balaban J connectivity index is 1.72. The van der Waals surface area contributed by atoms with Gasteiger partial charge in [0, 0.05) is 17.6 Å². The number of carbonyl (C=O) groups excluding carboxylic acids is 2. The lowest BCUT2D eigenvalue weighted by Crippen LogP contribution is -2.53. The van der Waals surface area contributed by atoms with E-state index in [4.69, 9.17) is 23.2 Å². The van der Waals surface area contributed by atoms with Gasteiger partial charge in [0.05, 0.1) is 15.6 Å². The minimum atomic E-state index is -4.20. The number of hydrogen-bond donors (Lipinski definition) is 1. The maximum absolute atomic E-state index is 14.1. The van der Waals surface area contributed by atoms with Crippen molar-refractivity contribution in [2.24, 2.45) is 0 Å². The van der Waals surface area contributed by atoms with Crippen LogP contribution in [0.3, 0.4) is 0 Å². The smallest absolute Gasteiger partial charge is 0.264 e. The van der Waals surface area contributed by atoms with E-state index in [0.717, 1.165) is 35.6 Å². The average molecular weight is 603 g/mol. The van der Waals surface area contributed by atoms with Crippen molar-refractivity contribution >= 4 is 50.7 Å². The number of nitrogens with zero attached hydrogens (tertiary/aromatic N) is 2. The maximum atomic E-state index is 14.1. The highest BCUT2D eigenvalue weighted by Crippen LogP contribution is 2.33. The Morgan fingerprint density at radius 1 is 0.950 bits per heavy atom. The molecule has 0 unspecified atom stereocenters. The van der Waals surface area contributed by atoms with Gasteiger partial charge in [-0.1, -0.05) is 91.5 Å². The molecule has 0 heterocycles. The molecule has 3 aromatic rings. The van der Waals surface area contributed by atoms with E-state index in [1.165, 1.54) is 35.2 Å². The largest absolute Gasteiger partial charge is 0.352 e. The average Bonchev–Trinajstić information content (AvgIpc) is 3.46. The summed E-state index contributed by atoms with van der Waals surface area (Å²) >= 11 is 12.6. The Hall–Kier alpha value is -3.07. The molecule has 1 fully saturated rings. The van der Waals surface area contributed by atoms with Gasteiger partial charge in [0.2, 0.25) is 11.8 Å². The molecule has 4 rings (SSSR count). The number of rotatable bonds is 11. The number of halogens is 2. The molecule has 0 spiro atoms. The molecule has 1 N–H and O–H groups in total. The zero-order valence-corrected chi connectivity index (χ0v) is 24.6. The Kier molecular flexibility index (Phi) is 10.1. The highest BCUT2D eigenvalue weighted by molar-refractivity contribution is 7.92. The van der Waals surface area contributed by atoms with Crippen molar-refractivity contribution in [1.82, 2.24) is 10.2 Å². The van der Waals surface area contributed by atoms with Crippen molar-refractivity contribution < 1.29 is 18.0 Å². The van der Waals surface area contributed by atoms with Crippen LogP contribution in [0.2, 0.25) is 10.0 Å². The van der Waals surface area contributed by atoms with Gasteiger partial charge in [-0.15, -0.1) is 0 Å². The molecule has 212 valence electrons. The van der Waals surface area contributed by atoms with Crippen LogP contribution >= 0.6 is 23.2 Å². The molecule has 0 bridgehead atoms. The molecule has 0 aliphatic heterocycles. The number of hydrogen-bond acceptors (Lipinski definition) is 4. The Bertz CT molecular complexity index is 1420. The molecule has 40 heavy (non-hydrogen) atoms. The van der Waals surface area contributed by atoms with Crippen molar-refractivity contribution in [2.45, 2.75) is 62.6 Å². The molecular weight excluding hydrogens is 569 g/mol. The lowest BCUT2D eigenvalue weighted by molar-refractivity contribution is -0.140. The van der Waals surface area contributed by atoms with Gasteiger partial charge in [0.25, 0.3) is 10.0 Å². The van der Waals surface area contributed by atoms with Crippen LogP contribution in [0.5, 0.6) is 0 Å². The van der Waals surface area contributed by atoms with E-state index in [0.29, 0.717) is 11.4 Å². The van der Waals surface area contributed by atoms with Gasteiger partial charge >= 0.3 is 0 Å². The Morgan fingerprint density at radius 3 is 2.17 bits per heavy atom. The van der Waals surface area contributed by atoms with Crippen LogP contribution in [0.25, 0.3) is 0 Å². The van der Waals surface area contributed by atoms with Crippen LogP contribution in [0, 0.1) is 0 Å². The highest BCUT2D eigenvalue weighted by atomic mass is 35.5. The van der Waals surface area contributed by atoms with Crippen molar-refractivity contribution in [3.8, 4) is 0 Å². The van der Waals surface area contributed by atoms with Crippen molar-refractivity contribution in [2.75, 3.05) is 10.8 Å². The first-order valence-corrected chi connectivity index (χ1v) is 15.6. The fourth-order valence-electron chi connectivity index (χ4n) is 4.98. The Morgan fingerprint density at radius 2 is 1.57 bits per heavy atom. The second-order valence-electron chi connectivity index (χ2n) is 9.84. The lowest BCUT2D eigenvalue weighted by Gasteiger charge is -2.34. The fourth-order valence-corrected chi connectivity index (χ4v) is 7.00. The van der Waals surface area contributed by atoms with Crippen LogP contribution in [-0.4, -0.2) is 43.8 Å². The van der Waals surface area contributed by atoms with E-state index >= 15 is 0 Å². The summed E-state index contributed by atoms with van der Waals surface area (Å²) in [5, 5.41) is 3.52. The number of sulfonamides is 1. The van der Waals surface area contributed by atoms with Gasteiger partial charge < -0.3 is 10.2 Å². The van der Waals surface area contributed by atoms with Crippen LogP contribution < -0.4 is 9.62 Å². The third-order valence-electron chi connectivity index (χ3n) is 7.07. The fraction of sp³-hybridized carbons (Fsp3) is 0.333. The predicted octanol–water partition coefficient (Wildman–Crippen LogP) is 6.05. The van der Waals surface area contributed by atoms with Gasteiger partial charge in [-0.2, -0.15) is 0 Å². The second-order valence-corrected chi connectivity index (χ2v) is 12.5. The minimum Gasteiger partial charge on any atom is -0.352 e. The molecule has 1 atom stereocenters. The van der Waals surface area contributed by atoms with E-state index in [9.17, 15) is 18.0 Å². The molecule has 0 aromatic heterocycles. The second kappa shape index (κ2) is 13.5. The summed E-state index contributed by atoms with van der Waals surface area (Å²) in [4.78, 5) is 29.0. The van der Waals surface area contributed by atoms with E-state index in [1.807, 2.05) is 37.3 Å². The summed E-state index contributed by atoms with van der Waals surface area (Å²) in [5.74, 6) is -0.761. The van der Waals surface area contributed by atoms with E-state index in [1.54, 1.807) is 18.2 Å². The first kappa shape index (κ1) is 29.9. The third-order valence-corrected chi connectivity index (χ3v) is 9.38. The van der Waals surface area contributed by atoms with Crippen LogP contribution in [0.4, 0.5) is 5.69 Å². The number of anilines is 1. The van der Waals surface area contributed by atoms with E-state index in [2.05, 4.69) is 5.32 Å². The van der Waals surface area contributed by atoms with Crippen LogP contribution in [0.1, 0.15) is 44.6 Å². The van der Waals surface area contributed by atoms with Crippen LogP contribution in [0.15, 0.2) is 83.8 Å². The topological polar surface area (TPSA) is 86.8 Å². The SMILES string of the molecule is CC[C@@H](C(=O)NC1CCCC1)N(Cc1ccccc1)C(=O)CN(c1ccc(Cl)cc1Cl)S(=O)(=O)c1ccccc1. The normalized spacial score (nSPS) is 14.5. The number of amides is 2. The molecule has 2 amide bonds. The number of nitrogens with one attached hydrogen (secondary N) is 1. The molecule has 1 saturated carbocycles. The maximum Gasteiger partial charge on any atom is 0.264 e. The summed E-state index contributed by atoms with van der Waals surface area (Å²) in [6, 6.07) is 20.9. The van der Waals surface area contributed by atoms with E-state index < -0.39 is 28.5 Å². The Labute approximate surface area is 246 Å². The van der Waals surface area contributed by atoms with Gasteiger partial charge in [-0.05, 0) is 55.2 Å². The van der Waals surface area contributed by atoms with Crippen LogP contribution in [-0.2, 0) is 26.2 Å². The van der Waals surface area contributed by atoms with E-state index in [-0.39, 0.29) is 34.1 Å². The summed E-state index contributed by atoms with van der Waals surface area (Å²) in [6.45, 7) is 1.43. The van der Waals surface area contributed by atoms with Gasteiger partial charge in [0.15, 0.2) is 0 Å². The molecule has 3 aromatic carbocycles. The zero-order chi connectivity index (χ0) is 28.7. The standard InChI is InChI=1S/C30H33Cl2N3O4S/c1-2-27(30(37)33-24-13-9-10-14-24)34(20-22-11-5-3-6-12-22)29(36)21-35(28-18-17-23(31)19-26(28)32)40(38,39)25-15-7-4-8-16-25/h3-8,11-12,15-19,24,27H,2,9-10,13-14,20-21H2,1H3,(H,33,37)/t27-/m0/s1. The van der Waals surface area contributed by atoms with Crippen molar-refractivity contribution in [3.63, 3.8) is 0 Å². The molecule has 7 nitrogen and oxygen atoms in total. The van der Waals surface area contributed by atoms with Crippen molar-refractivity contribution in [3.05, 3.63) is 94.5 Å². The summed E-state index contributed by atoms with van der Waals surface area (Å²) in [6.07, 6.45) is 4.30. The molecule has 0 saturated heterocycles. The summed E-state index contributed by atoms with van der Waals surface area (Å²) in [5.41, 5.74) is 0.941. The molecular formula is C30H33Cl2N3O4S. The monoisotopic (exact) mass is 601 g/mol. The predicted molar refractivity (Wildman–Crippen MR) is 159 cm³/mol.